The first-order valence-electron chi connectivity index (χ1n) is 10.2. The fraction of sp³-hybridized carbons (Fsp3) is 0.125. The minimum absolute atomic E-state index is 0.151. The Hall–Kier alpha value is -4.34. The topological polar surface area (TPSA) is 80.6 Å². The van der Waals surface area contributed by atoms with Gasteiger partial charge in [0.1, 0.15) is 11.3 Å². The van der Waals surface area contributed by atoms with Crippen molar-refractivity contribution < 1.29 is 32.3 Å². The van der Waals surface area contributed by atoms with Gasteiger partial charge in [0.15, 0.2) is 0 Å². The number of carbonyl (C=O) groups is 3. The number of carbonyl (C=O) groups excluding carboxylic acids is 3. The maximum Gasteiger partial charge on any atom is 0.416 e. The highest BCUT2D eigenvalue weighted by atomic mass is 19.4. The summed E-state index contributed by atoms with van der Waals surface area (Å²) < 4.78 is 46.3. The molecule has 2 heterocycles. The van der Waals surface area contributed by atoms with E-state index in [9.17, 15) is 27.6 Å². The van der Waals surface area contributed by atoms with E-state index in [0.29, 0.717) is 0 Å². The second-order valence-corrected chi connectivity index (χ2v) is 7.21. The Kier molecular flexibility index (Phi) is 5.97. The van der Waals surface area contributed by atoms with Crippen molar-refractivity contribution in [2.45, 2.75) is 13.1 Å². The van der Waals surface area contributed by atoms with Crippen LogP contribution in [-0.4, -0.2) is 29.0 Å². The number of para-hydroxylation sites is 2. The average molecular weight is 469 g/mol. The lowest BCUT2D eigenvalue weighted by Crippen LogP contribution is -2.54. The molecule has 0 bridgehead atoms. The lowest BCUT2D eigenvalue weighted by Gasteiger charge is -2.27. The Morgan fingerprint density at radius 1 is 1.00 bits per heavy atom. The van der Waals surface area contributed by atoms with Gasteiger partial charge in [0.2, 0.25) is 0 Å². The molecule has 4 amide bonds. The zero-order valence-electron chi connectivity index (χ0n) is 17.8. The molecule has 1 aliphatic heterocycles. The number of ether oxygens (including phenoxy) is 1. The van der Waals surface area contributed by atoms with Crippen molar-refractivity contribution in [1.82, 2.24) is 9.88 Å². The molecule has 3 aromatic rings. The number of hydrogen-bond acceptors (Lipinski definition) is 4. The van der Waals surface area contributed by atoms with E-state index in [2.05, 4.69) is 5.32 Å². The monoisotopic (exact) mass is 469 g/mol. The summed E-state index contributed by atoms with van der Waals surface area (Å²) in [5.74, 6) is -1.54. The highest BCUT2D eigenvalue weighted by Gasteiger charge is 2.38. The number of nitrogens with one attached hydrogen (secondary N) is 1. The number of urea groups is 1. The van der Waals surface area contributed by atoms with Crippen LogP contribution in [0, 0.1) is 0 Å². The lowest BCUT2D eigenvalue weighted by atomic mass is 10.1. The van der Waals surface area contributed by atoms with Crippen LogP contribution in [0.4, 0.5) is 23.7 Å². The van der Waals surface area contributed by atoms with Gasteiger partial charge in [-0.25, -0.2) is 9.69 Å². The highest BCUT2D eigenvalue weighted by Crippen LogP contribution is 2.32. The minimum atomic E-state index is -4.53. The summed E-state index contributed by atoms with van der Waals surface area (Å²) in [5, 5.41) is 2.12. The van der Waals surface area contributed by atoms with Crippen molar-refractivity contribution in [1.29, 1.82) is 0 Å². The summed E-state index contributed by atoms with van der Waals surface area (Å²) in [4.78, 5) is 39.1. The van der Waals surface area contributed by atoms with Crippen LogP contribution in [0.15, 0.2) is 72.4 Å². The number of hydrogen-bond donors (Lipinski definition) is 1. The maximum atomic E-state index is 13.2. The van der Waals surface area contributed by atoms with Crippen LogP contribution >= 0.6 is 0 Å². The van der Waals surface area contributed by atoms with Crippen LogP contribution < -0.4 is 15.0 Å². The molecule has 0 unspecified atom stereocenters. The summed E-state index contributed by atoms with van der Waals surface area (Å²) in [5.41, 5.74) is -0.598. The molecule has 1 aromatic heterocycles. The fourth-order valence-corrected chi connectivity index (χ4v) is 3.52. The van der Waals surface area contributed by atoms with Gasteiger partial charge in [0.05, 0.1) is 17.9 Å². The molecule has 0 spiro atoms. The van der Waals surface area contributed by atoms with Gasteiger partial charge in [-0.3, -0.25) is 14.9 Å². The quantitative estimate of drug-likeness (QED) is 0.439. The molecular formula is C24H18F3N3O4. The SMILES string of the molecule is CCOc1ccccc1N1C(=O)NC(=O)/C(=C\c2cccn2-c2cccc(C(F)(F)F)c2)C1=O. The molecule has 1 saturated heterocycles. The van der Waals surface area contributed by atoms with Crippen molar-refractivity contribution in [2.24, 2.45) is 0 Å². The number of imide groups is 2. The maximum absolute atomic E-state index is 13.2. The van der Waals surface area contributed by atoms with Crippen LogP contribution in [0.25, 0.3) is 11.8 Å². The third kappa shape index (κ3) is 4.29. The van der Waals surface area contributed by atoms with Gasteiger partial charge in [0, 0.05) is 17.6 Å². The number of anilines is 1. The second kappa shape index (κ2) is 8.89. The van der Waals surface area contributed by atoms with Crippen LogP contribution in [0.1, 0.15) is 18.2 Å². The molecule has 1 aliphatic rings. The smallest absolute Gasteiger partial charge is 0.416 e. The third-order valence-electron chi connectivity index (χ3n) is 5.03. The van der Waals surface area contributed by atoms with Crippen LogP contribution in [0.5, 0.6) is 5.75 Å². The lowest BCUT2D eigenvalue weighted by molar-refractivity contribution is -0.137. The first kappa shape index (κ1) is 22.8. The Bertz CT molecular complexity index is 1310. The number of rotatable bonds is 5. The van der Waals surface area contributed by atoms with Gasteiger partial charge in [-0.2, -0.15) is 13.2 Å². The number of amides is 4. The first-order chi connectivity index (χ1) is 16.2. The van der Waals surface area contributed by atoms with Gasteiger partial charge < -0.3 is 9.30 Å². The van der Waals surface area contributed by atoms with E-state index in [1.165, 1.54) is 41.1 Å². The Balaban J connectivity index is 1.75. The number of barbiturate groups is 1. The van der Waals surface area contributed by atoms with Crippen molar-refractivity contribution in [2.75, 3.05) is 11.5 Å². The highest BCUT2D eigenvalue weighted by molar-refractivity contribution is 6.39. The predicted molar refractivity (Wildman–Crippen MR) is 117 cm³/mol. The van der Waals surface area contributed by atoms with E-state index >= 15 is 0 Å². The standard InChI is InChI=1S/C24H18F3N3O4/c1-2-34-20-11-4-3-10-19(20)30-22(32)18(21(31)28-23(30)33)14-17-9-6-12-29(17)16-8-5-7-15(13-16)24(25,26)27/h3-14H,2H2,1H3,(H,28,31,33)/b18-14+. The Morgan fingerprint density at radius 3 is 2.50 bits per heavy atom. The number of halogens is 3. The number of benzene rings is 2. The summed E-state index contributed by atoms with van der Waals surface area (Å²) in [6, 6.07) is 13.1. The van der Waals surface area contributed by atoms with Gasteiger partial charge >= 0.3 is 12.2 Å². The molecule has 0 aliphatic carbocycles. The number of alkyl halides is 3. The summed E-state index contributed by atoms with van der Waals surface area (Å²) >= 11 is 0. The van der Waals surface area contributed by atoms with Gasteiger partial charge in [-0.15, -0.1) is 0 Å². The van der Waals surface area contributed by atoms with E-state index in [0.717, 1.165) is 17.0 Å². The van der Waals surface area contributed by atoms with Crippen molar-refractivity contribution in [3.8, 4) is 11.4 Å². The van der Waals surface area contributed by atoms with E-state index < -0.39 is 29.6 Å². The molecule has 34 heavy (non-hydrogen) atoms. The predicted octanol–water partition coefficient (Wildman–Crippen LogP) is 4.56. The van der Waals surface area contributed by atoms with E-state index in [1.54, 1.807) is 31.2 Å². The fourth-order valence-electron chi connectivity index (χ4n) is 3.52. The molecule has 0 saturated carbocycles. The van der Waals surface area contributed by atoms with Gasteiger partial charge in [-0.1, -0.05) is 18.2 Å². The van der Waals surface area contributed by atoms with E-state index in [-0.39, 0.29) is 35.0 Å². The number of aromatic nitrogens is 1. The normalized spacial score (nSPS) is 15.6. The first-order valence-corrected chi connectivity index (χ1v) is 10.2. The molecule has 1 fully saturated rings. The van der Waals surface area contributed by atoms with Crippen LogP contribution in [0.2, 0.25) is 0 Å². The average Bonchev–Trinajstić information content (AvgIpc) is 3.26. The van der Waals surface area contributed by atoms with Crippen molar-refractivity contribution >= 4 is 29.6 Å². The zero-order valence-corrected chi connectivity index (χ0v) is 17.8. The van der Waals surface area contributed by atoms with Crippen LogP contribution in [0.3, 0.4) is 0 Å². The number of nitrogens with zero attached hydrogens (tertiary/aromatic N) is 2. The van der Waals surface area contributed by atoms with Gasteiger partial charge in [-0.05, 0) is 55.5 Å². The molecule has 1 N–H and O–H groups in total. The van der Waals surface area contributed by atoms with Crippen molar-refractivity contribution in [3.05, 3.63) is 83.7 Å². The second-order valence-electron chi connectivity index (χ2n) is 7.21. The molecule has 2 aromatic carbocycles. The van der Waals surface area contributed by atoms with Crippen LogP contribution in [-0.2, 0) is 15.8 Å². The zero-order chi connectivity index (χ0) is 24.5. The van der Waals surface area contributed by atoms with E-state index in [1.807, 2.05) is 0 Å². The molecule has 10 heteroatoms. The third-order valence-corrected chi connectivity index (χ3v) is 5.03. The van der Waals surface area contributed by atoms with Gasteiger partial charge in [0.25, 0.3) is 11.8 Å². The largest absolute Gasteiger partial charge is 0.492 e. The minimum Gasteiger partial charge on any atom is -0.492 e. The summed E-state index contributed by atoms with van der Waals surface area (Å²) in [6.07, 6.45) is -1.81. The molecule has 0 radical (unpaired) electrons. The molecule has 174 valence electrons. The summed E-state index contributed by atoms with van der Waals surface area (Å²) in [7, 11) is 0. The Labute approximate surface area is 192 Å². The molecule has 0 atom stereocenters. The summed E-state index contributed by atoms with van der Waals surface area (Å²) in [6.45, 7) is 2.03. The molecule has 4 rings (SSSR count). The van der Waals surface area contributed by atoms with E-state index in [4.69, 9.17) is 4.74 Å². The molecule has 7 nitrogen and oxygen atoms in total. The molecular weight excluding hydrogens is 451 g/mol. The van der Waals surface area contributed by atoms with Crippen molar-refractivity contribution in [3.63, 3.8) is 0 Å². The Morgan fingerprint density at radius 2 is 1.76 bits per heavy atom.